The predicted octanol–water partition coefficient (Wildman–Crippen LogP) is 1.01. The number of carbonyl (C=O) groups is 1. The third-order valence-electron chi connectivity index (χ3n) is 3.31. The number of nitrogens with two attached hydrogens (primary N) is 1. The second-order valence-electron chi connectivity index (χ2n) is 4.45. The van der Waals surface area contributed by atoms with E-state index in [4.69, 9.17) is 11.0 Å². The molecule has 0 saturated carbocycles. The number of carbonyl (C=O) groups excluding carboxylic acids is 1. The van der Waals surface area contributed by atoms with Crippen molar-refractivity contribution >= 4 is 17.3 Å². The van der Waals surface area contributed by atoms with Crippen LogP contribution in [0.3, 0.4) is 0 Å². The Morgan fingerprint density at radius 1 is 1.56 bits per heavy atom. The highest BCUT2D eigenvalue weighted by Gasteiger charge is 2.32. The van der Waals surface area contributed by atoms with Crippen LogP contribution in [0.2, 0.25) is 0 Å². The van der Waals surface area contributed by atoms with E-state index < -0.39 is 6.04 Å². The Bertz CT molecular complexity index is 520. The number of likely N-dealkylation sites (N-methyl/N-ethyl adjacent to an activating group) is 1. The predicted molar refractivity (Wildman–Crippen MR) is 70.3 cm³/mol. The van der Waals surface area contributed by atoms with Crippen LogP contribution < -0.4 is 15.5 Å². The molecule has 2 N–H and O–H groups in total. The lowest BCUT2D eigenvalue weighted by molar-refractivity contribution is -0.118. The molecule has 0 aromatic heterocycles. The van der Waals surface area contributed by atoms with Crippen molar-refractivity contribution in [3.05, 3.63) is 23.8 Å². The molecule has 1 amide bonds. The van der Waals surface area contributed by atoms with Crippen molar-refractivity contribution in [1.82, 2.24) is 0 Å². The molecule has 1 aromatic rings. The molecular weight excluding hydrogens is 228 g/mol. The van der Waals surface area contributed by atoms with E-state index in [1.54, 1.807) is 11.9 Å². The van der Waals surface area contributed by atoms with Crippen LogP contribution in [0.25, 0.3) is 0 Å². The third-order valence-corrected chi connectivity index (χ3v) is 3.31. The zero-order valence-corrected chi connectivity index (χ0v) is 10.6. The van der Waals surface area contributed by atoms with Crippen LogP contribution in [0.1, 0.15) is 18.0 Å². The standard InChI is InChI=1S/C13H16N4O/c1-16(7-3-6-14)9-4-5-10-11(8-9)17(2)13(18)12(10)15/h4-5,8,12H,3,7,15H2,1-2H3. The lowest BCUT2D eigenvalue weighted by atomic mass is 10.1. The van der Waals surface area contributed by atoms with Crippen LogP contribution >= 0.6 is 0 Å². The van der Waals surface area contributed by atoms with E-state index in [-0.39, 0.29) is 5.91 Å². The summed E-state index contributed by atoms with van der Waals surface area (Å²) in [6.45, 7) is 0.666. The van der Waals surface area contributed by atoms with Crippen LogP contribution in [-0.4, -0.2) is 26.5 Å². The molecule has 1 aromatic carbocycles. The molecule has 1 unspecified atom stereocenters. The average Bonchev–Trinajstić information content (AvgIpc) is 2.61. The van der Waals surface area contributed by atoms with Crippen molar-refractivity contribution in [1.29, 1.82) is 5.26 Å². The van der Waals surface area contributed by atoms with Gasteiger partial charge in [0, 0.05) is 31.9 Å². The average molecular weight is 244 g/mol. The van der Waals surface area contributed by atoms with E-state index in [1.165, 1.54) is 0 Å². The fourth-order valence-electron chi connectivity index (χ4n) is 2.13. The van der Waals surface area contributed by atoms with E-state index in [9.17, 15) is 4.79 Å². The highest BCUT2D eigenvalue weighted by molar-refractivity contribution is 6.04. The maximum Gasteiger partial charge on any atom is 0.248 e. The first-order valence-electron chi connectivity index (χ1n) is 5.81. The number of fused-ring (bicyclic) bond motifs is 1. The molecule has 5 heteroatoms. The molecule has 18 heavy (non-hydrogen) atoms. The topological polar surface area (TPSA) is 73.4 Å². The smallest absolute Gasteiger partial charge is 0.248 e. The van der Waals surface area contributed by atoms with Crippen molar-refractivity contribution in [3.63, 3.8) is 0 Å². The summed E-state index contributed by atoms with van der Waals surface area (Å²) >= 11 is 0. The number of nitrogens with zero attached hydrogens (tertiary/aromatic N) is 3. The Morgan fingerprint density at radius 3 is 2.94 bits per heavy atom. The van der Waals surface area contributed by atoms with Gasteiger partial charge < -0.3 is 15.5 Å². The van der Waals surface area contributed by atoms with E-state index in [2.05, 4.69) is 6.07 Å². The van der Waals surface area contributed by atoms with E-state index >= 15 is 0 Å². The van der Waals surface area contributed by atoms with Gasteiger partial charge in [0.2, 0.25) is 5.91 Å². The Hall–Kier alpha value is -2.06. The lowest BCUT2D eigenvalue weighted by Crippen LogP contribution is -2.27. The molecule has 0 radical (unpaired) electrons. The van der Waals surface area contributed by atoms with Gasteiger partial charge in [-0.1, -0.05) is 6.07 Å². The van der Waals surface area contributed by atoms with Gasteiger partial charge in [0.1, 0.15) is 6.04 Å². The number of hydrogen-bond acceptors (Lipinski definition) is 4. The van der Waals surface area contributed by atoms with Gasteiger partial charge in [0.25, 0.3) is 0 Å². The Balaban J connectivity index is 2.29. The summed E-state index contributed by atoms with van der Waals surface area (Å²) in [5, 5.41) is 8.58. The van der Waals surface area contributed by atoms with Gasteiger partial charge in [-0.15, -0.1) is 0 Å². The molecule has 2 rings (SSSR count). The van der Waals surface area contributed by atoms with Gasteiger partial charge in [0.15, 0.2) is 0 Å². The minimum Gasteiger partial charge on any atom is -0.374 e. The summed E-state index contributed by atoms with van der Waals surface area (Å²) in [4.78, 5) is 15.3. The minimum absolute atomic E-state index is 0.0816. The molecule has 0 aliphatic carbocycles. The lowest BCUT2D eigenvalue weighted by Gasteiger charge is -2.19. The molecular formula is C13H16N4O. The number of anilines is 2. The fourth-order valence-corrected chi connectivity index (χ4v) is 2.13. The molecule has 1 aliphatic rings. The number of nitriles is 1. The van der Waals surface area contributed by atoms with Gasteiger partial charge in [-0.2, -0.15) is 5.26 Å². The fraction of sp³-hybridized carbons (Fsp3) is 0.385. The summed E-state index contributed by atoms with van der Waals surface area (Å²) in [5.74, 6) is -0.0816. The maximum absolute atomic E-state index is 11.8. The Kier molecular flexibility index (Phi) is 3.21. The highest BCUT2D eigenvalue weighted by atomic mass is 16.2. The van der Waals surface area contributed by atoms with Crippen LogP contribution in [0.4, 0.5) is 11.4 Å². The normalized spacial score (nSPS) is 17.6. The highest BCUT2D eigenvalue weighted by Crippen LogP contribution is 2.36. The number of hydrogen-bond donors (Lipinski definition) is 1. The van der Waals surface area contributed by atoms with Crippen molar-refractivity contribution in [2.45, 2.75) is 12.5 Å². The number of rotatable bonds is 3. The SMILES string of the molecule is CN(CCC#N)c1ccc2c(c1)N(C)C(=O)C2N. The molecule has 5 nitrogen and oxygen atoms in total. The first kappa shape index (κ1) is 12.4. The zero-order valence-electron chi connectivity index (χ0n) is 10.6. The monoisotopic (exact) mass is 244 g/mol. The molecule has 94 valence electrons. The third kappa shape index (κ3) is 1.91. The first-order valence-corrected chi connectivity index (χ1v) is 5.81. The Labute approximate surface area is 106 Å². The van der Waals surface area contributed by atoms with E-state index in [0.717, 1.165) is 16.9 Å². The van der Waals surface area contributed by atoms with E-state index in [0.29, 0.717) is 13.0 Å². The molecule has 0 spiro atoms. The summed E-state index contributed by atoms with van der Waals surface area (Å²) in [7, 11) is 3.66. The first-order chi connectivity index (χ1) is 8.56. The van der Waals surface area contributed by atoms with E-state index in [1.807, 2.05) is 30.1 Å². The summed E-state index contributed by atoms with van der Waals surface area (Å²) < 4.78 is 0. The van der Waals surface area contributed by atoms with Gasteiger partial charge in [-0.3, -0.25) is 4.79 Å². The van der Waals surface area contributed by atoms with Crippen LogP contribution in [0.5, 0.6) is 0 Å². The number of amides is 1. The van der Waals surface area contributed by atoms with Gasteiger partial charge in [0.05, 0.1) is 18.2 Å². The Morgan fingerprint density at radius 2 is 2.28 bits per heavy atom. The van der Waals surface area contributed by atoms with Crippen LogP contribution in [0, 0.1) is 11.3 Å². The molecule has 1 aliphatic heterocycles. The minimum atomic E-state index is -0.552. The number of benzene rings is 1. The van der Waals surface area contributed by atoms with Gasteiger partial charge >= 0.3 is 0 Å². The largest absolute Gasteiger partial charge is 0.374 e. The molecule has 0 saturated heterocycles. The second kappa shape index (κ2) is 4.67. The quantitative estimate of drug-likeness (QED) is 0.861. The summed E-state index contributed by atoms with van der Waals surface area (Å²) in [6.07, 6.45) is 0.474. The van der Waals surface area contributed by atoms with Gasteiger partial charge in [-0.25, -0.2) is 0 Å². The van der Waals surface area contributed by atoms with Gasteiger partial charge in [-0.05, 0) is 12.1 Å². The van der Waals surface area contributed by atoms with Crippen molar-refractivity contribution in [2.24, 2.45) is 5.73 Å². The maximum atomic E-state index is 11.8. The van der Waals surface area contributed by atoms with Crippen molar-refractivity contribution in [2.75, 3.05) is 30.4 Å². The molecule has 1 heterocycles. The summed E-state index contributed by atoms with van der Waals surface area (Å²) in [5.41, 5.74) is 8.54. The van der Waals surface area contributed by atoms with Crippen LogP contribution in [-0.2, 0) is 4.79 Å². The molecule has 1 atom stereocenters. The van der Waals surface area contributed by atoms with Crippen molar-refractivity contribution < 1.29 is 4.79 Å². The molecule has 0 bridgehead atoms. The second-order valence-corrected chi connectivity index (χ2v) is 4.45. The molecule has 0 fully saturated rings. The van der Waals surface area contributed by atoms with Crippen molar-refractivity contribution in [3.8, 4) is 6.07 Å². The zero-order chi connectivity index (χ0) is 13.3. The van der Waals surface area contributed by atoms with Crippen LogP contribution in [0.15, 0.2) is 18.2 Å². The summed E-state index contributed by atoms with van der Waals surface area (Å²) in [6, 6.07) is 7.33.